The maximum absolute atomic E-state index is 12.9. The molecule has 1 saturated carbocycles. The summed E-state index contributed by atoms with van der Waals surface area (Å²) in [5, 5.41) is 14.7. The Morgan fingerprint density at radius 3 is 2.78 bits per heavy atom. The van der Waals surface area contributed by atoms with E-state index in [4.69, 9.17) is 5.73 Å². The molecule has 0 bridgehead atoms. The number of benzene rings is 1. The Morgan fingerprint density at radius 1 is 1.30 bits per heavy atom. The quantitative estimate of drug-likeness (QED) is 0.843. The van der Waals surface area contributed by atoms with Crippen LogP contribution in [0.1, 0.15) is 48.7 Å². The third-order valence-electron chi connectivity index (χ3n) is 5.90. The highest BCUT2D eigenvalue weighted by molar-refractivity contribution is 5.95. The van der Waals surface area contributed by atoms with Crippen molar-refractivity contribution in [2.45, 2.75) is 38.6 Å². The molecule has 1 aliphatic carbocycles. The zero-order valence-electron chi connectivity index (χ0n) is 15.7. The molecule has 1 aliphatic heterocycles. The van der Waals surface area contributed by atoms with Crippen LogP contribution in [-0.2, 0) is 0 Å². The molecule has 2 aromatic rings. The van der Waals surface area contributed by atoms with Crippen molar-refractivity contribution in [1.82, 2.24) is 14.7 Å². The molecule has 2 heterocycles. The van der Waals surface area contributed by atoms with Crippen molar-refractivity contribution in [3.05, 3.63) is 41.7 Å². The minimum atomic E-state index is -0.206. The second-order valence-corrected chi connectivity index (χ2v) is 7.93. The van der Waals surface area contributed by atoms with Crippen LogP contribution in [0.15, 0.2) is 30.5 Å². The summed E-state index contributed by atoms with van der Waals surface area (Å²) in [5.74, 6) is 0.981. The van der Waals surface area contributed by atoms with Crippen LogP contribution in [-0.4, -0.2) is 44.8 Å². The summed E-state index contributed by atoms with van der Waals surface area (Å²) in [7, 11) is 0. The third kappa shape index (κ3) is 3.56. The lowest BCUT2D eigenvalue weighted by atomic mass is 9.98. The van der Waals surface area contributed by atoms with Crippen molar-refractivity contribution in [2.24, 2.45) is 17.6 Å². The van der Waals surface area contributed by atoms with Crippen LogP contribution in [0.4, 0.5) is 0 Å². The van der Waals surface area contributed by atoms with Gasteiger partial charge in [0.25, 0.3) is 5.91 Å². The molecule has 3 N–H and O–H groups in total. The first-order valence-corrected chi connectivity index (χ1v) is 9.38. The van der Waals surface area contributed by atoms with Gasteiger partial charge in [0.15, 0.2) is 11.4 Å². The Hall–Kier alpha value is -2.05. The average molecular weight is 391 g/mol. The molecule has 6 nitrogen and oxygen atoms in total. The maximum atomic E-state index is 12.9. The second-order valence-electron chi connectivity index (χ2n) is 7.93. The van der Waals surface area contributed by atoms with E-state index < -0.39 is 0 Å². The van der Waals surface area contributed by atoms with E-state index in [9.17, 15) is 9.90 Å². The lowest BCUT2D eigenvalue weighted by Gasteiger charge is -2.17. The highest BCUT2D eigenvalue weighted by atomic mass is 35.5. The first-order chi connectivity index (χ1) is 12.4. The number of rotatable bonds is 3. The first-order valence-electron chi connectivity index (χ1n) is 9.38. The van der Waals surface area contributed by atoms with Gasteiger partial charge in [0.2, 0.25) is 0 Å². The molecule has 2 aliphatic rings. The number of nitrogens with two attached hydrogens (primary N) is 1. The number of aromatic hydroxyl groups is 1. The van der Waals surface area contributed by atoms with Crippen molar-refractivity contribution in [2.75, 3.05) is 13.1 Å². The smallest absolute Gasteiger partial charge is 0.278 e. The number of hydrogen-bond donors (Lipinski definition) is 2. The van der Waals surface area contributed by atoms with Gasteiger partial charge in [-0.25, -0.2) is 4.68 Å². The Morgan fingerprint density at radius 2 is 2.07 bits per heavy atom. The Balaban J connectivity index is 0.00000210. The van der Waals surface area contributed by atoms with E-state index in [-0.39, 0.29) is 35.8 Å². The van der Waals surface area contributed by atoms with E-state index >= 15 is 0 Å². The van der Waals surface area contributed by atoms with Gasteiger partial charge in [-0.3, -0.25) is 4.79 Å². The second kappa shape index (κ2) is 7.52. The molecule has 2 fully saturated rings. The van der Waals surface area contributed by atoms with E-state index in [0.717, 1.165) is 18.5 Å². The molecule has 1 aromatic heterocycles. The van der Waals surface area contributed by atoms with Crippen molar-refractivity contribution in [1.29, 1.82) is 0 Å². The van der Waals surface area contributed by atoms with Crippen molar-refractivity contribution >= 4 is 18.3 Å². The van der Waals surface area contributed by atoms with Crippen molar-refractivity contribution in [3.63, 3.8) is 0 Å². The summed E-state index contributed by atoms with van der Waals surface area (Å²) >= 11 is 0. The molecule has 3 unspecified atom stereocenters. The van der Waals surface area contributed by atoms with E-state index in [1.165, 1.54) is 11.8 Å². The van der Waals surface area contributed by atoms with Gasteiger partial charge in [-0.2, -0.15) is 5.10 Å². The van der Waals surface area contributed by atoms with Gasteiger partial charge >= 0.3 is 0 Å². The molecule has 1 aromatic carbocycles. The number of carbonyl (C=O) groups excluding carboxylic acids is 1. The largest absolute Gasteiger partial charge is 0.504 e. The van der Waals surface area contributed by atoms with Crippen molar-refractivity contribution in [3.8, 4) is 11.4 Å². The van der Waals surface area contributed by atoms with Gasteiger partial charge in [0.05, 0.1) is 11.9 Å². The number of halogens is 1. The van der Waals surface area contributed by atoms with Crippen molar-refractivity contribution < 1.29 is 9.90 Å². The van der Waals surface area contributed by atoms with Crippen LogP contribution in [0.25, 0.3) is 5.69 Å². The number of nitrogens with zero attached hydrogens (tertiary/aromatic N) is 3. The first kappa shape index (κ1) is 19.7. The average Bonchev–Trinajstić information content (AvgIpc) is 3.31. The van der Waals surface area contributed by atoms with Gasteiger partial charge in [-0.1, -0.05) is 26.0 Å². The summed E-state index contributed by atoms with van der Waals surface area (Å²) in [6.07, 6.45) is 3.64. The molecule has 0 radical (unpaired) electrons. The topological polar surface area (TPSA) is 84.4 Å². The van der Waals surface area contributed by atoms with Gasteiger partial charge in [0, 0.05) is 19.1 Å². The molecular formula is C20H27ClN4O2. The monoisotopic (exact) mass is 390 g/mol. The molecule has 27 heavy (non-hydrogen) atoms. The number of carbonyl (C=O) groups is 1. The molecule has 146 valence electrons. The fourth-order valence-electron chi connectivity index (χ4n) is 4.30. The van der Waals surface area contributed by atoms with Gasteiger partial charge in [-0.15, -0.1) is 12.4 Å². The maximum Gasteiger partial charge on any atom is 0.278 e. The molecule has 1 saturated heterocycles. The number of fused-ring (bicyclic) bond motifs is 1. The van der Waals surface area contributed by atoms with E-state index in [1.807, 2.05) is 18.2 Å². The molecular weight excluding hydrogens is 364 g/mol. The summed E-state index contributed by atoms with van der Waals surface area (Å²) in [6.45, 7) is 5.64. The summed E-state index contributed by atoms with van der Waals surface area (Å²) in [6, 6.07) is 8.17. The SMILES string of the molecule is CC(C)c1cccc(-n2cc(O)c(C(=O)N3CC4CCC(N)C4C3)n2)c1.Cl. The van der Waals surface area contributed by atoms with E-state index in [1.54, 1.807) is 9.58 Å². The molecule has 1 amide bonds. The van der Waals surface area contributed by atoms with E-state index in [2.05, 4.69) is 25.0 Å². The number of aromatic nitrogens is 2. The minimum absolute atomic E-state index is 0. The Labute approximate surface area is 165 Å². The predicted octanol–water partition coefficient (Wildman–Crippen LogP) is 2.93. The summed E-state index contributed by atoms with van der Waals surface area (Å²) in [4.78, 5) is 14.7. The van der Waals surface area contributed by atoms with Gasteiger partial charge in [-0.05, 0) is 48.3 Å². The molecule has 0 spiro atoms. The van der Waals surface area contributed by atoms with Crippen LogP contribution in [0.2, 0.25) is 0 Å². The standard InChI is InChI=1S/C20H26N4O2.ClH/c1-12(2)13-4-3-5-15(8-13)24-11-18(25)19(22-24)20(26)23-9-14-6-7-17(21)16(14)10-23;/h3-5,8,11-12,14,16-17,25H,6-7,9-10,21H2,1-2H3;1H. The molecule has 7 heteroatoms. The van der Waals surface area contributed by atoms with Gasteiger partial charge < -0.3 is 15.7 Å². The van der Waals surface area contributed by atoms with Gasteiger partial charge in [0.1, 0.15) is 0 Å². The fraction of sp³-hybridized carbons (Fsp3) is 0.500. The minimum Gasteiger partial charge on any atom is -0.504 e. The van der Waals surface area contributed by atoms with Crippen LogP contribution in [0.5, 0.6) is 5.75 Å². The van der Waals surface area contributed by atoms with Crippen LogP contribution < -0.4 is 5.73 Å². The summed E-state index contributed by atoms with van der Waals surface area (Å²) in [5.41, 5.74) is 8.31. The number of hydrogen-bond acceptors (Lipinski definition) is 4. The zero-order chi connectivity index (χ0) is 18.4. The van der Waals surface area contributed by atoms with E-state index in [0.29, 0.717) is 30.8 Å². The predicted molar refractivity (Wildman–Crippen MR) is 107 cm³/mol. The van der Waals surface area contributed by atoms with Crippen LogP contribution >= 0.6 is 12.4 Å². The Kier molecular flexibility index (Phi) is 5.49. The lowest BCUT2D eigenvalue weighted by Crippen LogP contribution is -2.33. The zero-order valence-corrected chi connectivity index (χ0v) is 16.5. The number of amides is 1. The fourth-order valence-corrected chi connectivity index (χ4v) is 4.30. The van der Waals surface area contributed by atoms with Crippen LogP contribution in [0, 0.1) is 11.8 Å². The Bertz CT molecular complexity index is 835. The van der Waals surface area contributed by atoms with Crippen LogP contribution in [0.3, 0.4) is 0 Å². The highest BCUT2D eigenvalue weighted by Crippen LogP contribution is 2.38. The molecule has 3 atom stereocenters. The number of likely N-dealkylation sites (tertiary alicyclic amines) is 1. The summed E-state index contributed by atoms with van der Waals surface area (Å²) < 4.78 is 1.58. The third-order valence-corrected chi connectivity index (χ3v) is 5.90. The normalized spacial score (nSPS) is 24.1. The molecule has 4 rings (SSSR count). The highest BCUT2D eigenvalue weighted by Gasteiger charge is 2.43. The lowest BCUT2D eigenvalue weighted by molar-refractivity contribution is 0.0770.